The Morgan fingerprint density at radius 1 is 0.975 bits per heavy atom. The van der Waals surface area contributed by atoms with Crippen LogP contribution < -0.4 is 4.74 Å². The Bertz CT molecular complexity index is 1920. The number of aromatic nitrogens is 3. The minimum Gasteiger partial charge on any atom is -0.453 e. The van der Waals surface area contributed by atoms with Gasteiger partial charge in [0, 0.05) is 27.1 Å². The zero-order valence-electron chi connectivity index (χ0n) is 21.1. The second-order valence-electron chi connectivity index (χ2n) is 9.20. The number of fused-ring (bicyclic) bond motifs is 1. The van der Waals surface area contributed by atoms with E-state index in [1.165, 1.54) is 6.07 Å². The molecule has 0 spiro atoms. The Kier molecular flexibility index (Phi) is 6.77. The quantitative estimate of drug-likeness (QED) is 0.204. The lowest BCUT2D eigenvalue weighted by Crippen LogP contribution is -1.98. The first-order valence-corrected chi connectivity index (χ1v) is 13.1. The summed E-state index contributed by atoms with van der Waals surface area (Å²) in [6.45, 7) is 2.00. The molecule has 0 aliphatic carbocycles. The predicted molar refractivity (Wildman–Crippen MR) is 155 cm³/mol. The lowest BCUT2D eigenvalue weighted by molar-refractivity contribution is 0.437. The summed E-state index contributed by atoms with van der Waals surface area (Å²) in [6, 6.07) is 24.2. The number of aromatic amines is 1. The molecule has 8 heteroatoms. The summed E-state index contributed by atoms with van der Waals surface area (Å²) >= 11 is 12.4. The highest BCUT2D eigenvalue weighted by atomic mass is 35.5. The van der Waals surface area contributed by atoms with Gasteiger partial charge in [-0.1, -0.05) is 71.6 Å². The Hall–Kier alpha value is -4.57. The van der Waals surface area contributed by atoms with Crippen molar-refractivity contribution in [3.05, 3.63) is 117 Å². The van der Waals surface area contributed by atoms with E-state index in [2.05, 4.69) is 45.4 Å². The van der Waals surface area contributed by atoms with Crippen LogP contribution >= 0.6 is 23.2 Å². The highest BCUT2D eigenvalue weighted by Crippen LogP contribution is 2.36. The summed E-state index contributed by atoms with van der Waals surface area (Å²) in [7, 11) is 0. The third kappa shape index (κ3) is 4.93. The molecule has 0 atom stereocenters. The third-order valence-electron chi connectivity index (χ3n) is 6.57. The summed E-state index contributed by atoms with van der Waals surface area (Å²) in [5.41, 5.74) is 5.65. The number of H-pyrrole nitrogens is 1. The van der Waals surface area contributed by atoms with Gasteiger partial charge >= 0.3 is 0 Å². The second-order valence-corrected chi connectivity index (χ2v) is 10.0. The Morgan fingerprint density at radius 3 is 2.60 bits per heavy atom. The van der Waals surface area contributed by atoms with Crippen molar-refractivity contribution in [2.24, 2.45) is 0 Å². The van der Waals surface area contributed by atoms with Gasteiger partial charge in [-0.15, -0.1) is 16.6 Å². The normalized spacial score (nSPS) is 11.1. The van der Waals surface area contributed by atoms with Crippen LogP contribution in [0.4, 0.5) is 4.39 Å². The number of halogens is 3. The molecular formula is C32H20Cl2FN3O2. The molecule has 0 saturated carbocycles. The highest BCUT2D eigenvalue weighted by molar-refractivity contribution is 6.32. The molecule has 2 aromatic heterocycles. The van der Waals surface area contributed by atoms with Crippen LogP contribution in [0.3, 0.4) is 0 Å². The summed E-state index contributed by atoms with van der Waals surface area (Å²) in [6.07, 6.45) is 5.50. The van der Waals surface area contributed by atoms with Crippen LogP contribution in [-0.4, -0.2) is 15.2 Å². The van der Waals surface area contributed by atoms with E-state index in [1.807, 2.05) is 31.2 Å². The minimum absolute atomic E-state index is 0.0367. The largest absolute Gasteiger partial charge is 0.453 e. The lowest BCUT2D eigenvalue weighted by Gasteiger charge is -2.12. The summed E-state index contributed by atoms with van der Waals surface area (Å²) in [4.78, 5) is 3.37. The first kappa shape index (κ1) is 25.7. The molecule has 0 amide bonds. The monoisotopic (exact) mass is 567 g/mol. The van der Waals surface area contributed by atoms with Gasteiger partial charge in [0.2, 0.25) is 5.89 Å². The minimum atomic E-state index is -0.648. The zero-order chi connectivity index (χ0) is 27.8. The molecule has 0 bridgehead atoms. The molecule has 0 unspecified atom stereocenters. The van der Waals surface area contributed by atoms with E-state index >= 15 is 4.39 Å². The molecule has 40 heavy (non-hydrogen) atoms. The lowest BCUT2D eigenvalue weighted by atomic mass is 10.0. The number of hydrogen-bond acceptors (Lipinski definition) is 4. The molecule has 196 valence electrons. The highest BCUT2D eigenvalue weighted by Gasteiger charge is 2.20. The van der Waals surface area contributed by atoms with E-state index in [-0.39, 0.29) is 34.4 Å². The molecule has 4 aromatic carbocycles. The van der Waals surface area contributed by atoms with Gasteiger partial charge in [-0.3, -0.25) is 0 Å². The van der Waals surface area contributed by atoms with Crippen LogP contribution in [0.15, 0.2) is 83.3 Å². The van der Waals surface area contributed by atoms with Crippen molar-refractivity contribution in [3.63, 3.8) is 0 Å². The smallest absolute Gasteiger partial charge is 0.264 e. The van der Waals surface area contributed by atoms with Crippen LogP contribution in [0.2, 0.25) is 10.0 Å². The maximum absolute atomic E-state index is 15.5. The topological polar surface area (TPSA) is 63.9 Å². The van der Waals surface area contributed by atoms with E-state index in [1.54, 1.807) is 24.3 Å². The van der Waals surface area contributed by atoms with Gasteiger partial charge < -0.3 is 14.1 Å². The number of nitrogens with one attached hydrogen (secondary N) is 1. The van der Waals surface area contributed by atoms with Gasteiger partial charge in [0.05, 0.1) is 11.4 Å². The number of ether oxygens (including phenoxy) is 1. The molecule has 0 radical (unpaired) electrons. The fourth-order valence-corrected chi connectivity index (χ4v) is 4.98. The van der Waals surface area contributed by atoms with Gasteiger partial charge in [0.1, 0.15) is 11.4 Å². The van der Waals surface area contributed by atoms with Crippen LogP contribution in [0.5, 0.6) is 11.5 Å². The zero-order valence-corrected chi connectivity index (χ0v) is 22.6. The van der Waals surface area contributed by atoms with E-state index in [0.717, 1.165) is 27.6 Å². The van der Waals surface area contributed by atoms with E-state index in [9.17, 15) is 0 Å². The summed E-state index contributed by atoms with van der Waals surface area (Å²) in [5, 5.41) is 9.89. The van der Waals surface area contributed by atoms with Crippen molar-refractivity contribution in [1.29, 1.82) is 0 Å². The van der Waals surface area contributed by atoms with Crippen molar-refractivity contribution < 1.29 is 13.5 Å². The van der Waals surface area contributed by atoms with Gasteiger partial charge in [0.15, 0.2) is 11.6 Å². The van der Waals surface area contributed by atoms with Crippen molar-refractivity contribution in [1.82, 2.24) is 15.2 Å². The molecule has 0 fully saturated rings. The van der Waals surface area contributed by atoms with Crippen molar-refractivity contribution in [2.75, 3.05) is 0 Å². The first-order valence-electron chi connectivity index (χ1n) is 12.3. The molecule has 0 saturated heterocycles. The van der Waals surface area contributed by atoms with Gasteiger partial charge in [-0.25, -0.2) is 4.39 Å². The fourth-order valence-electron chi connectivity index (χ4n) is 4.57. The van der Waals surface area contributed by atoms with Gasteiger partial charge in [-0.2, -0.15) is 0 Å². The Labute approximate surface area is 239 Å². The molecule has 0 aliphatic heterocycles. The molecule has 5 nitrogen and oxygen atoms in total. The van der Waals surface area contributed by atoms with Crippen LogP contribution in [0.1, 0.15) is 22.6 Å². The number of rotatable bonds is 6. The molecule has 6 rings (SSSR count). The van der Waals surface area contributed by atoms with E-state index in [0.29, 0.717) is 22.2 Å². The van der Waals surface area contributed by atoms with Crippen molar-refractivity contribution in [3.8, 4) is 46.6 Å². The number of aryl methyl sites for hydroxylation is 1. The average molecular weight is 568 g/mol. The van der Waals surface area contributed by atoms with Crippen LogP contribution in [0.25, 0.3) is 33.6 Å². The molecule has 0 aliphatic rings. The standard InChI is InChI=1S/C32H20Cl2FN3O2/c1-3-19-13-23(33)17-24(14-19)39-31-26(34)11-9-22(29(31)35)16-28-37-38-32(40-28)30-18(2)25-15-21(10-12-27(25)36-30)20-7-5-4-6-8-20/h1,4-15,17,36H,16H2,2H3. The molecule has 6 aromatic rings. The van der Waals surface area contributed by atoms with E-state index in [4.69, 9.17) is 38.8 Å². The average Bonchev–Trinajstić information content (AvgIpc) is 3.56. The van der Waals surface area contributed by atoms with Crippen LogP contribution in [0, 0.1) is 25.1 Å². The Balaban J connectivity index is 1.28. The number of hydrogen-bond donors (Lipinski definition) is 1. The third-order valence-corrected chi connectivity index (χ3v) is 7.09. The summed E-state index contributed by atoms with van der Waals surface area (Å²) in [5.74, 6) is 2.51. The maximum Gasteiger partial charge on any atom is 0.264 e. The number of terminal acetylenes is 1. The second kappa shape index (κ2) is 10.5. The van der Waals surface area contributed by atoms with Crippen molar-refractivity contribution in [2.45, 2.75) is 13.3 Å². The SMILES string of the molecule is C#Cc1cc(Cl)cc(Oc2c(Cl)ccc(Cc3nnc(-c4[nH]c5ccc(-c6ccccc6)cc5c4C)o3)c2F)c1. The van der Waals surface area contributed by atoms with Gasteiger partial charge in [-0.05, 0) is 60.0 Å². The maximum atomic E-state index is 15.5. The molecular weight excluding hydrogens is 548 g/mol. The van der Waals surface area contributed by atoms with Crippen LogP contribution in [-0.2, 0) is 6.42 Å². The predicted octanol–water partition coefficient (Wildman–Crippen LogP) is 9.00. The molecule has 1 N–H and O–H groups in total. The first-order chi connectivity index (χ1) is 19.4. The number of benzene rings is 4. The number of nitrogens with zero attached hydrogens (tertiary/aromatic N) is 2. The van der Waals surface area contributed by atoms with E-state index < -0.39 is 5.82 Å². The van der Waals surface area contributed by atoms with Crippen molar-refractivity contribution >= 4 is 34.1 Å². The van der Waals surface area contributed by atoms with Gasteiger partial charge in [0.25, 0.3) is 5.89 Å². The Morgan fingerprint density at radius 2 is 1.80 bits per heavy atom. The molecule has 2 heterocycles. The fraction of sp³-hybridized carbons (Fsp3) is 0.0625. The summed E-state index contributed by atoms with van der Waals surface area (Å²) < 4.78 is 27.2.